The average Bonchev–Trinajstić information content (AvgIpc) is 2.65. The van der Waals surface area contributed by atoms with Crippen LogP contribution in [0.1, 0.15) is 5.56 Å². The van der Waals surface area contributed by atoms with Crippen molar-refractivity contribution >= 4 is 22.5 Å². The molecule has 0 amide bonds. The Labute approximate surface area is 155 Å². The molecule has 0 aliphatic carbocycles. The topological polar surface area (TPSA) is 55.2 Å². The Bertz CT molecular complexity index is 1110. The van der Waals surface area contributed by atoms with Crippen LogP contribution in [0.3, 0.4) is 0 Å². The van der Waals surface area contributed by atoms with Gasteiger partial charge in [0.25, 0.3) is 0 Å². The van der Waals surface area contributed by atoms with Gasteiger partial charge in [-0.05, 0) is 55.0 Å². The van der Waals surface area contributed by atoms with Crippen molar-refractivity contribution < 1.29 is 9.84 Å². The smallest absolute Gasteiger partial charge is 0.230 e. The minimum atomic E-state index is 0.121. The number of aryl methyl sites for hydroxylation is 1. The second-order valence-corrected chi connectivity index (χ2v) is 6.31. The highest BCUT2D eigenvalue weighted by Gasteiger charge is 2.13. The van der Waals surface area contributed by atoms with Crippen LogP contribution in [0.4, 0.5) is 0 Å². The second kappa shape index (κ2) is 6.65. The van der Waals surface area contributed by atoms with E-state index < -0.39 is 0 Å². The summed E-state index contributed by atoms with van der Waals surface area (Å²) in [6, 6.07) is 20.0. The third-order valence-electron chi connectivity index (χ3n) is 4.06. The summed E-state index contributed by atoms with van der Waals surface area (Å²) in [5, 5.41) is 11.6. The lowest BCUT2D eigenvalue weighted by molar-refractivity contribution is 0.467. The highest BCUT2D eigenvalue weighted by molar-refractivity contribution is 6.31. The molecule has 0 aliphatic rings. The molecule has 26 heavy (non-hydrogen) atoms. The standard InChI is InChI=1S/C21H15ClN2O2/c1-13-12-14(10-11-17(13)22)26-21-15-6-2-4-8-18(15)23-20(24-21)16-7-3-5-9-19(16)25/h2-12,25H,1H3. The number of halogens is 1. The van der Waals surface area contributed by atoms with Gasteiger partial charge in [0.1, 0.15) is 11.5 Å². The lowest BCUT2D eigenvalue weighted by atomic mass is 10.1. The lowest BCUT2D eigenvalue weighted by Crippen LogP contribution is -1.96. The number of nitrogens with zero attached hydrogens (tertiary/aromatic N) is 2. The van der Waals surface area contributed by atoms with Crippen LogP contribution in [0.15, 0.2) is 66.7 Å². The first kappa shape index (κ1) is 16.4. The molecule has 0 saturated carbocycles. The van der Waals surface area contributed by atoms with Crippen LogP contribution in [-0.4, -0.2) is 15.1 Å². The van der Waals surface area contributed by atoms with Crippen LogP contribution >= 0.6 is 11.6 Å². The molecule has 0 radical (unpaired) electrons. The fourth-order valence-corrected chi connectivity index (χ4v) is 2.82. The van der Waals surface area contributed by atoms with Gasteiger partial charge in [0.15, 0.2) is 5.82 Å². The molecule has 0 bridgehead atoms. The molecule has 4 nitrogen and oxygen atoms in total. The number of fused-ring (bicyclic) bond motifs is 1. The molecule has 0 spiro atoms. The van der Waals surface area contributed by atoms with E-state index in [-0.39, 0.29) is 5.75 Å². The van der Waals surface area contributed by atoms with Gasteiger partial charge in [0.05, 0.1) is 16.5 Å². The number of benzene rings is 3. The van der Waals surface area contributed by atoms with E-state index in [9.17, 15) is 5.11 Å². The summed E-state index contributed by atoms with van der Waals surface area (Å²) in [7, 11) is 0. The van der Waals surface area contributed by atoms with Gasteiger partial charge in [-0.15, -0.1) is 0 Å². The van der Waals surface area contributed by atoms with Crippen molar-refractivity contribution in [1.82, 2.24) is 9.97 Å². The highest BCUT2D eigenvalue weighted by Crippen LogP contribution is 2.33. The van der Waals surface area contributed by atoms with Crippen molar-refractivity contribution in [1.29, 1.82) is 0 Å². The van der Waals surface area contributed by atoms with E-state index in [0.29, 0.717) is 28.0 Å². The van der Waals surface area contributed by atoms with Gasteiger partial charge >= 0.3 is 0 Å². The maximum Gasteiger partial charge on any atom is 0.230 e. The number of aromatic nitrogens is 2. The van der Waals surface area contributed by atoms with Gasteiger partial charge in [-0.2, -0.15) is 4.98 Å². The molecule has 3 aromatic carbocycles. The summed E-state index contributed by atoms with van der Waals surface area (Å²) < 4.78 is 6.04. The van der Waals surface area contributed by atoms with Gasteiger partial charge in [-0.1, -0.05) is 35.9 Å². The van der Waals surface area contributed by atoms with Gasteiger partial charge in [0, 0.05) is 5.02 Å². The first-order chi connectivity index (χ1) is 12.6. The van der Waals surface area contributed by atoms with Crippen LogP contribution in [0, 0.1) is 6.92 Å². The molecule has 5 heteroatoms. The van der Waals surface area contributed by atoms with Gasteiger partial charge < -0.3 is 9.84 Å². The molecule has 1 aromatic heterocycles. The van der Waals surface area contributed by atoms with E-state index in [4.69, 9.17) is 16.3 Å². The number of hydrogen-bond acceptors (Lipinski definition) is 4. The first-order valence-electron chi connectivity index (χ1n) is 8.11. The molecule has 4 rings (SSSR count). The predicted molar refractivity (Wildman–Crippen MR) is 103 cm³/mol. The quantitative estimate of drug-likeness (QED) is 0.503. The molecule has 4 aromatic rings. The number of hydrogen-bond donors (Lipinski definition) is 1. The van der Waals surface area contributed by atoms with Crippen LogP contribution in [-0.2, 0) is 0 Å². The zero-order valence-electron chi connectivity index (χ0n) is 14.0. The van der Waals surface area contributed by atoms with Crippen molar-refractivity contribution in [2.45, 2.75) is 6.92 Å². The Balaban J connectivity index is 1.87. The predicted octanol–water partition coefficient (Wildman–Crippen LogP) is 5.76. The molecule has 1 N–H and O–H groups in total. The summed E-state index contributed by atoms with van der Waals surface area (Å²) in [5.74, 6) is 1.59. The minimum absolute atomic E-state index is 0.121. The van der Waals surface area contributed by atoms with E-state index in [1.807, 2.05) is 43.3 Å². The lowest BCUT2D eigenvalue weighted by Gasteiger charge is -2.11. The van der Waals surface area contributed by atoms with E-state index in [1.165, 1.54) is 0 Å². The molecule has 0 atom stereocenters. The van der Waals surface area contributed by atoms with Gasteiger partial charge in [0.2, 0.25) is 5.88 Å². The summed E-state index contributed by atoms with van der Waals surface area (Å²) >= 11 is 6.09. The molecular formula is C21H15ClN2O2. The normalized spacial score (nSPS) is 10.8. The van der Waals surface area contributed by atoms with Crippen LogP contribution < -0.4 is 4.74 Å². The Hall–Kier alpha value is -3.11. The molecule has 0 unspecified atom stereocenters. The summed E-state index contributed by atoms with van der Waals surface area (Å²) in [6.07, 6.45) is 0. The summed E-state index contributed by atoms with van der Waals surface area (Å²) in [5.41, 5.74) is 2.21. The molecule has 0 fully saturated rings. The number of rotatable bonds is 3. The molecule has 128 valence electrons. The maximum absolute atomic E-state index is 10.1. The fourth-order valence-electron chi connectivity index (χ4n) is 2.70. The van der Waals surface area contributed by atoms with Crippen LogP contribution in [0.2, 0.25) is 5.02 Å². The van der Waals surface area contributed by atoms with Crippen LogP contribution in [0.5, 0.6) is 17.4 Å². The number of ether oxygens (including phenoxy) is 1. The Morgan fingerprint density at radius 2 is 1.69 bits per heavy atom. The monoisotopic (exact) mass is 362 g/mol. The number of aromatic hydroxyl groups is 1. The zero-order chi connectivity index (χ0) is 18.1. The molecule has 1 heterocycles. The third-order valence-corrected chi connectivity index (χ3v) is 4.48. The first-order valence-corrected chi connectivity index (χ1v) is 8.49. The highest BCUT2D eigenvalue weighted by atomic mass is 35.5. The maximum atomic E-state index is 10.1. The number of phenols is 1. The van der Waals surface area contributed by atoms with E-state index in [0.717, 1.165) is 16.5 Å². The SMILES string of the molecule is Cc1cc(Oc2nc(-c3ccccc3O)nc3ccccc23)ccc1Cl. The van der Waals surface area contributed by atoms with Crippen LogP contribution in [0.25, 0.3) is 22.3 Å². The number of phenolic OH excluding ortho intramolecular Hbond substituents is 1. The van der Waals surface area contributed by atoms with Crippen molar-refractivity contribution in [2.75, 3.05) is 0 Å². The summed E-state index contributed by atoms with van der Waals surface area (Å²) in [4.78, 5) is 9.12. The van der Waals surface area contributed by atoms with Gasteiger partial charge in [-0.25, -0.2) is 4.98 Å². The zero-order valence-corrected chi connectivity index (χ0v) is 14.7. The van der Waals surface area contributed by atoms with Crippen molar-refractivity contribution in [3.63, 3.8) is 0 Å². The Morgan fingerprint density at radius 3 is 2.50 bits per heavy atom. The van der Waals surface area contributed by atoms with Gasteiger partial charge in [-0.3, -0.25) is 0 Å². The van der Waals surface area contributed by atoms with E-state index >= 15 is 0 Å². The van der Waals surface area contributed by atoms with Crippen molar-refractivity contribution in [3.8, 4) is 28.8 Å². The minimum Gasteiger partial charge on any atom is -0.507 e. The molecule has 0 aliphatic heterocycles. The third kappa shape index (κ3) is 3.07. The van der Waals surface area contributed by atoms with E-state index in [2.05, 4.69) is 9.97 Å². The van der Waals surface area contributed by atoms with Crippen molar-refractivity contribution in [3.05, 3.63) is 77.3 Å². The molecular weight excluding hydrogens is 348 g/mol. The second-order valence-electron chi connectivity index (χ2n) is 5.90. The molecule has 0 saturated heterocycles. The number of para-hydroxylation sites is 2. The fraction of sp³-hybridized carbons (Fsp3) is 0.0476. The average molecular weight is 363 g/mol. The van der Waals surface area contributed by atoms with Crippen molar-refractivity contribution in [2.24, 2.45) is 0 Å². The Kier molecular flexibility index (Phi) is 4.19. The largest absolute Gasteiger partial charge is 0.507 e. The Morgan fingerprint density at radius 1 is 0.923 bits per heavy atom. The van der Waals surface area contributed by atoms with E-state index in [1.54, 1.807) is 30.3 Å². The summed E-state index contributed by atoms with van der Waals surface area (Å²) in [6.45, 7) is 1.92.